The van der Waals surface area contributed by atoms with E-state index in [-0.39, 0.29) is 18.1 Å². The number of nitrogens with zero attached hydrogens (tertiary/aromatic N) is 2. The summed E-state index contributed by atoms with van der Waals surface area (Å²) in [4.78, 5) is 12.3. The maximum absolute atomic E-state index is 12.3. The molecule has 24 heavy (non-hydrogen) atoms. The Balaban J connectivity index is 1.90. The molecule has 0 saturated carbocycles. The summed E-state index contributed by atoms with van der Waals surface area (Å²) < 4.78 is 12.8. The molecular formula is C18H25N3O3. The van der Waals surface area contributed by atoms with Crippen LogP contribution in [0.15, 0.2) is 30.3 Å². The van der Waals surface area contributed by atoms with Crippen LogP contribution in [0.3, 0.4) is 0 Å². The van der Waals surface area contributed by atoms with E-state index in [1.54, 1.807) is 11.8 Å². The molecule has 0 saturated heterocycles. The third-order valence-corrected chi connectivity index (χ3v) is 3.75. The summed E-state index contributed by atoms with van der Waals surface area (Å²) in [5.74, 6) is 1.25. The molecule has 0 unspecified atom stereocenters. The van der Waals surface area contributed by atoms with E-state index in [0.29, 0.717) is 18.0 Å². The lowest BCUT2D eigenvalue weighted by Crippen LogP contribution is -2.38. The fourth-order valence-electron chi connectivity index (χ4n) is 2.52. The number of aryl methyl sites for hydroxylation is 2. The van der Waals surface area contributed by atoms with E-state index in [9.17, 15) is 4.79 Å². The minimum absolute atomic E-state index is 0.0864. The van der Waals surface area contributed by atoms with Gasteiger partial charge in [-0.05, 0) is 45.9 Å². The Morgan fingerprint density at radius 1 is 1.25 bits per heavy atom. The summed E-state index contributed by atoms with van der Waals surface area (Å²) in [6.45, 7) is 8.00. The summed E-state index contributed by atoms with van der Waals surface area (Å²) in [6, 6.07) is 9.04. The van der Waals surface area contributed by atoms with E-state index in [1.165, 1.54) is 0 Å². The Kier molecular flexibility index (Phi) is 5.84. The van der Waals surface area contributed by atoms with Crippen LogP contribution in [-0.2, 0) is 4.79 Å². The van der Waals surface area contributed by atoms with Gasteiger partial charge in [-0.25, -0.2) is 0 Å². The van der Waals surface area contributed by atoms with Crippen molar-refractivity contribution in [3.63, 3.8) is 0 Å². The van der Waals surface area contributed by atoms with Gasteiger partial charge in [-0.3, -0.25) is 9.48 Å². The number of amides is 1. The van der Waals surface area contributed by atoms with Gasteiger partial charge in [0.05, 0.1) is 19.3 Å². The molecule has 2 rings (SSSR count). The van der Waals surface area contributed by atoms with Crippen LogP contribution < -0.4 is 14.8 Å². The lowest BCUT2D eigenvalue weighted by atomic mass is 10.3. The van der Waals surface area contributed by atoms with Gasteiger partial charge in [-0.1, -0.05) is 12.1 Å². The topological polar surface area (TPSA) is 65.4 Å². The molecule has 0 aliphatic carbocycles. The molecule has 0 fully saturated rings. The zero-order valence-electron chi connectivity index (χ0n) is 14.9. The van der Waals surface area contributed by atoms with E-state index in [2.05, 4.69) is 10.4 Å². The quantitative estimate of drug-likeness (QED) is 0.847. The minimum Gasteiger partial charge on any atom is -0.493 e. The van der Waals surface area contributed by atoms with Gasteiger partial charge in [0.2, 0.25) is 5.91 Å². The van der Waals surface area contributed by atoms with Crippen LogP contribution in [0.5, 0.6) is 11.5 Å². The van der Waals surface area contributed by atoms with Gasteiger partial charge >= 0.3 is 0 Å². The van der Waals surface area contributed by atoms with Crippen LogP contribution in [-0.4, -0.2) is 35.4 Å². The monoisotopic (exact) mass is 331 g/mol. The summed E-state index contributed by atoms with van der Waals surface area (Å²) in [5, 5.41) is 7.27. The normalized spacial score (nSPS) is 13.2. The van der Waals surface area contributed by atoms with Crippen LogP contribution in [0.1, 0.15) is 31.3 Å². The molecular weight excluding hydrogens is 306 g/mol. The highest BCUT2D eigenvalue weighted by atomic mass is 16.5. The molecule has 1 heterocycles. The average molecular weight is 331 g/mol. The molecule has 6 nitrogen and oxygen atoms in total. The molecule has 0 radical (unpaired) electrons. The maximum atomic E-state index is 12.3. The SMILES string of the molecule is COc1ccccc1O[C@@H](C)CNC(=O)[C@@H](C)n1nc(C)cc1C. The van der Waals surface area contributed by atoms with Crippen LogP contribution in [0.2, 0.25) is 0 Å². The van der Waals surface area contributed by atoms with Gasteiger partial charge in [0, 0.05) is 5.69 Å². The first-order valence-electron chi connectivity index (χ1n) is 8.02. The lowest BCUT2D eigenvalue weighted by molar-refractivity contribution is -0.124. The third kappa shape index (κ3) is 4.28. The number of aromatic nitrogens is 2. The molecule has 6 heteroatoms. The molecule has 2 aromatic rings. The number of rotatable bonds is 7. The van der Waals surface area contributed by atoms with Crippen molar-refractivity contribution in [1.29, 1.82) is 0 Å². The first-order chi connectivity index (χ1) is 11.4. The second-order valence-corrected chi connectivity index (χ2v) is 5.87. The highest BCUT2D eigenvalue weighted by Gasteiger charge is 2.18. The molecule has 0 bridgehead atoms. The lowest BCUT2D eigenvalue weighted by Gasteiger charge is -2.19. The second kappa shape index (κ2) is 7.86. The number of ether oxygens (including phenoxy) is 2. The van der Waals surface area contributed by atoms with Crippen LogP contribution >= 0.6 is 0 Å². The number of hydrogen-bond acceptors (Lipinski definition) is 4. The number of para-hydroxylation sites is 2. The highest BCUT2D eigenvalue weighted by molar-refractivity contribution is 5.79. The first kappa shape index (κ1) is 17.8. The van der Waals surface area contributed by atoms with Crippen LogP contribution in [0.25, 0.3) is 0 Å². The van der Waals surface area contributed by atoms with Gasteiger partial charge in [-0.2, -0.15) is 5.10 Å². The molecule has 1 N–H and O–H groups in total. The molecule has 0 aliphatic rings. The van der Waals surface area contributed by atoms with Crippen LogP contribution in [0, 0.1) is 13.8 Å². The summed E-state index contributed by atoms with van der Waals surface area (Å²) in [5.41, 5.74) is 1.87. The summed E-state index contributed by atoms with van der Waals surface area (Å²) in [7, 11) is 1.60. The van der Waals surface area contributed by atoms with Crippen LogP contribution in [0.4, 0.5) is 0 Å². The van der Waals surface area contributed by atoms with Gasteiger partial charge in [0.15, 0.2) is 11.5 Å². The van der Waals surface area contributed by atoms with Crippen molar-refractivity contribution in [2.75, 3.05) is 13.7 Å². The fourth-order valence-corrected chi connectivity index (χ4v) is 2.52. The summed E-state index contributed by atoms with van der Waals surface area (Å²) in [6.07, 6.45) is -0.182. The van der Waals surface area contributed by atoms with Crippen molar-refractivity contribution in [2.45, 2.75) is 39.8 Å². The Morgan fingerprint density at radius 2 is 1.92 bits per heavy atom. The van der Waals surface area contributed by atoms with Gasteiger partial charge in [0.1, 0.15) is 12.1 Å². The molecule has 1 aromatic carbocycles. The standard InChI is InChI=1S/C18H25N3O3/c1-12-10-13(2)21(20-12)15(4)18(22)19-11-14(3)24-17-9-7-6-8-16(17)23-5/h6-10,14-15H,11H2,1-5H3,(H,19,22)/t14-,15+/m0/s1. The first-order valence-corrected chi connectivity index (χ1v) is 8.02. The van der Waals surface area contributed by atoms with Crippen molar-refractivity contribution in [1.82, 2.24) is 15.1 Å². The number of methoxy groups -OCH3 is 1. The fraction of sp³-hybridized carbons (Fsp3) is 0.444. The van der Waals surface area contributed by atoms with Gasteiger partial charge in [0.25, 0.3) is 0 Å². The number of carbonyl (C=O) groups excluding carboxylic acids is 1. The average Bonchev–Trinajstić information content (AvgIpc) is 2.90. The second-order valence-electron chi connectivity index (χ2n) is 5.87. The number of benzene rings is 1. The predicted octanol–water partition coefficient (Wildman–Crippen LogP) is 2.65. The Hall–Kier alpha value is -2.50. The molecule has 0 aliphatic heterocycles. The van der Waals surface area contributed by atoms with Crippen molar-refractivity contribution < 1.29 is 14.3 Å². The number of carbonyl (C=O) groups is 1. The molecule has 0 spiro atoms. The van der Waals surface area contributed by atoms with Crippen molar-refractivity contribution >= 4 is 5.91 Å². The maximum Gasteiger partial charge on any atom is 0.244 e. The zero-order valence-corrected chi connectivity index (χ0v) is 14.9. The Morgan fingerprint density at radius 3 is 2.50 bits per heavy atom. The van der Waals surface area contributed by atoms with E-state index >= 15 is 0 Å². The smallest absolute Gasteiger partial charge is 0.244 e. The molecule has 130 valence electrons. The minimum atomic E-state index is -0.364. The van der Waals surface area contributed by atoms with E-state index < -0.39 is 0 Å². The van der Waals surface area contributed by atoms with Gasteiger partial charge in [-0.15, -0.1) is 0 Å². The summed E-state index contributed by atoms with van der Waals surface area (Å²) >= 11 is 0. The van der Waals surface area contributed by atoms with Crippen molar-refractivity contribution in [3.8, 4) is 11.5 Å². The van der Waals surface area contributed by atoms with E-state index in [0.717, 1.165) is 11.4 Å². The Labute approximate surface area is 142 Å². The third-order valence-electron chi connectivity index (χ3n) is 3.75. The van der Waals surface area contributed by atoms with Gasteiger partial charge < -0.3 is 14.8 Å². The largest absolute Gasteiger partial charge is 0.493 e. The molecule has 1 aromatic heterocycles. The van der Waals surface area contributed by atoms with E-state index in [4.69, 9.17) is 9.47 Å². The number of nitrogens with one attached hydrogen (secondary N) is 1. The zero-order chi connectivity index (χ0) is 17.7. The molecule has 2 atom stereocenters. The predicted molar refractivity (Wildman–Crippen MR) is 92.5 cm³/mol. The van der Waals surface area contributed by atoms with Crippen molar-refractivity contribution in [2.24, 2.45) is 0 Å². The molecule has 1 amide bonds. The van der Waals surface area contributed by atoms with E-state index in [1.807, 2.05) is 58.0 Å². The highest BCUT2D eigenvalue weighted by Crippen LogP contribution is 2.26. The van der Waals surface area contributed by atoms with Crippen molar-refractivity contribution in [3.05, 3.63) is 41.7 Å². The Bertz CT molecular complexity index is 697. The number of hydrogen-bond donors (Lipinski definition) is 1.